The van der Waals surface area contributed by atoms with Gasteiger partial charge in [0.25, 0.3) is 0 Å². The van der Waals surface area contributed by atoms with Crippen LogP contribution in [0.15, 0.2) is 0 Å². The maximum atomic E-state index is 6.41. The lowest BCUT2D eigenvalue weighted by atomic mass is 9.69. The lowest BCUT2D eigenvalue weighted by Crippen LogP contribution is -2.52. The van der Waals surface area contributed by atoms with Crippen molar-refractivity contribution in [2.45, 2.75) is 64.3 Å². The Kier molecular flexibility index (Phi) is 5.11. The van der Waals surface area contributed by atoms with Crippen LogP contribution in [-0.4, -0.2) is 56.5 Å². The predicted molar refractivity (Wildman–Crippen MR) is 81.7 cm³/mol. The minimum Gasteiger partial charge on any atom is -0.377 e. The molecule has 2 fully saturated rings. The molecule has 20 heavy (non-hydrogen) atoms. The molecule has 0 aromatic rings. The fourth-order valence-corrected chi connectivity index (χ4v) is 3.87. The van der Waals surface area contributed by atoms with Crippen molar-refractivity contribution in [3.05, 3.63) is 0 Å². The van der Waals surface area contributed by atoms with Crippen LogP contribution >= 0.6 is 0 Å². The Morgan fingerprint density at radius 3 is 2.00 bits per heavy atom. The quantitative estimate of drug-likeness (QED) is 0.859. The summed E-state index contributed by atoms with van der Waals surface area (Å²) in [5.41, 5.74) is 6.79. The second kappa shape index (κ2) is 6.30. The molecule has 0 aromatic heterocycles. The maximum absolute atomic E-state index is 6.41. The molecular formula is C16H32N2O2. The topological polar surface area (TPSA) is 47.7 Å². The summed E-state index contributed by atoms with van der Waals surface area (Å²) in [7, 11) is 3.55. The van der Waals surface area contributed by atoms with E-state index < -0.39 is 0 Å². The molecule has 0 aromatic carbocycles. The zero-order valence-electron chi connectivity index (χ0n) is 13.8. The van der Waals surface area contributed by atoms with E-state index in [4.69, 9.17) is 15.2 Å². The molecule has 0 spiro atoms. The molecule has 2 N–H and O–H groups in total. The molecule has 4 nitrogen and oxygen atoms in total. The number of methoxy groups -OCH3 is 2. The third-order valence-corrected chi connectivity index (χ3v) is 5.41. The minimum absolute atomic E-state index is 0.183. The SMILES string of the molecule is COC1CN(C2CC(C(C)(C)C)CCC2N)CC1OC. The van der Waals surface area contributed by atoms with Crippen molar-refractivity contribution < 1.29 is 9.47 Å². The van der Waals surface area contributed by atoms with Crippen molar-refractivity contribution in [1.82, 2.24) is 4.90 Å². The summed E-state index contributed by atoms with van der Waals surface area (Å²) in [6.45, 7) is 8.96. The van der Waals surface area contributed by atoms with E-state index in [1.807, 2.05) is 0 Å². The summed E-state index contributed by atoms with van der Waals surface area (Å²) in [5, 5.41) is 0. The Bertz CT molecular complexity index is 304. The van der Waals surface area contributed by atoms with Gasteiger partial charge in [0.05, 0.1) is 12.2 Å². The molecule has 5 atom stereocenters. The van der Waals surface area contributed by atoms with E-state index in [9.17, 15) is 0 Å². The fraction of sp³-hybridized carbons (Fsp3) is 1.00. The van der Waals surface area contributed by atoms with Gasteiger partial charge in [-0.3, -0.25) is 4.90 Å². The van der Waals surface area contributed by atoms with Crippen LogP contribution < -0.4 is 5.73 Å². The monoisotopic (exact) mass is 284 g/mol. The van der Waals surface area contributed by atoms with Crippen LogP contribution in [0.3, 0.4) is 0 Å². The van der Waals surface area contributed by atoms with Gasteiger partial charge in [-0.2, -0.15) is 0 Å². The highest BCUT2D eigenvalue weighted by Gasteiger charge is 2.42. The first-order valence-corrected chi connectivity index (χ1v) is 7.92. The Balaban J connectivity index is 2.03. The van der Waals surface area contributed by atoms with Gasteiger partial charge in [-0.15, -0.1) is 0 Å². The van der Waals surface area contributed by atoms with E-state index in [2.05, 4.69) is 25.7 Å². The predicted octanol–water partition coefficient (Wildman–Crippen LogP) is 1.87. The number of nitrogens with two attached hydrogens (primary N) is 1. The molecule has 1 saturated carbocycles. The lowest BCUT2D eigenvalue weighted by molar-refractivity contribution is -0.00461. The first-order valence-electron chi connectivity index (χ1n) is 7.92. The zero-order valence-corrected chi connectivity index (χ0v) is 13.8. The van der Waals surface area contributed by atoms with Crippen molar-refractivity contribution in [1.29, 1.82) is 0 Å². The van der Waals surface area contributed by atoms with E-state index >= 15 is 0 Å². The van der Waals surface area contributed by atoms with E-state index in [-0.39, 0.29) is 12.2 Å². The summed E-state index contributed by atoms with van der Waals surface area (Å²) in [4.78, 5) is 2.50. The van der Waals surface area contributed by atoms with Gasteiger partial charge in [0.2, 0.25) is 0 Å². The van der Waals surface area contributed by atoms with Gasteiger partial charge in [-0.1, -0.05) is 20.8 Å². The smallest absolute Gasteiger partial charge is 0.0971 e. The number of hydrogen-bond donors (Lipinski definition) is 1. The number of rotatable bonds is 3. The molecule has 0 amide bonds. The zero-order chi connectivity index (χ0) is 14.9. The highest BCUT2D eigenvalue weighted by molar-refractivity contribution is 4.97. The Hall–Kier alpha value is -0.160. The summed E-state index contributed by atoms with van der Waals surface area (Å²) >= 11 is 0. The number of nitrogens with zero attached hydrogens (tertiary/aromatic N) is 1. The number of likely N-dealkylation sites (tertiary alicyclic amines) is 1. The van der Waals surface area contributed by atoms with Crippen LogP contribution in [0.5, 0.6) is 0 Å². The molecule has 5 unspecified atom stereocenters. The minimum atomic E-state index is 0.183. The van der Waals surface area contributed by atoms with Crippen molar-refractivity contribution in [2.75, 3.05) is 27.3 Å². The largest absolute Gasteiger partial charge is 0.377 e. The maximum Gasteiger partial charge on any atom is 0.0971 e. The van der Waals surface area contributed by atoms with Gasteiger partial charge >= 0.3 is 0 Å². The Labute approximate surface area is 124 Å². The van der Waals surface area contributed by atoms with Crippen LogP contribution in [0.25, 0.3) is 0 Å². The number of hydrogen-bond acceptors (Lipinski definition) is 4. The van der Waals surface area contributed by atoms with Crippen molar-refractivity contribution in [2.24, 2.45) is 17.1 Å². The third-order valence-electron chi connectivity index (χ3n) is 5.41. The van der Waals surface area contributed by atoms with Crippen LogP contribution in [-0.2, 0) is 9.47 Å². The van der Waals surface area contributed by atoms with Gasteiger partial charge in [-0.25, -0.2) is 0 Å². The van der Waals surface area contributed by atoms with E-state index in [1.165, 1.54) is 12.8 Å². The van der Waals surface area contributed by atoms with Gasteiger partial charge in [-0.05, 0) is 30.6 Å². The molecule has 118 valence electrons. The third kappa shape index (κ3) is 3.35. The summed E-state index contributed by atoms with van der Waals surface area (Å²) < 4.78 is 11.1. The molecule has 1 saturated heterocycles. The summed E-state index contributed by atoms with van der Waals surface area (Å²) in [5.74, 6) is 0.759. The first-order chi connectivity index (χ1) is 9.36. The fourth-order valence-electron chi connectivity index (χ4n) is 3.87. The van der Waals surface area contributed by atoms with Gasteiger partial charge in [0, 0.05) is 39.4 Å². The summed E-state index contributed by atoms with van der Waals surface area (Å²) in [6.07, 6.45) is 3.97. The second-order valence-corrected chi connectivity index (χ2v) is 7.61. The van der Waals surface area contributed by atoms with Crippen molar-refractivity contribution >= 4 is 0 Å². The molecular weight excluding hydrogens is 252 g/mol. The van der Waals surface area contributed by atoms with Crippen LogP contribution in [0.1, 0.15) is 40.0 Å². The molecule has 1 aliphatic heterocycles. The molecule has 2 aliphatic rings. The van der Waals surface area contributed by atoms with Crippen molar-refractivity contribution in [3.63, 3.8) is 0 Å². The standard InChI is InChI=1S/C16H32N2O2/c1-16(2,3)11-6-7-12(17)13(8-11)18-9-14(19-4)15(10-18)20-5/h11-15H,6-10,17H2,1-5H3. The number of ether oxygens (including phenoxy) is 2. The second-order valence-electron chi connectivity index (χ2n) is 7.61. The molecule has 0 bridgehead atoms. The Morgan fingerprint density at radius 2 is 1.55 bits per heavy atom. The van der Waals surface area contributed by atoms with Crippen LogP contribution in [0.2, 0.25) is 0 Å². The van der Waals surface area contributed by atoms with Crippen molar-refractivity contribution in [3.8, 4) is 0 Å². The van der Waals surface area contributed by atoms with E-state index in [0.717, 1.165) is 25.4 Å². The summed E-state index contributed by atoms with van der Waals surface area (Å²) in [6, 6.07) is 0.771. The average Bonchev–Trinajstić information content (AvgIpc) is 2.80. The molecule has 2 rings (SSSR count). The van der Waals surface area contributed by atoms with E-state index in [0.29, 0.717) is 17.5 Å². The van der Waals surface area contributed by atoms with Gasteiger partial charge in [0.15, 0.2) is 0 Å². The van der Waals surface area contributed by atoms with E-state index in [1.54, 1.807) is 14.2 Å². The van der Waals surface area contributed by atoms with Gasteiger partial charge < -0.3 is 15.2 Å². The van der Waals surface area contributed by atoms with Crippen LogP contribution in [0.4, 0.5) is 0 Å². The molecule has 4 heteroatoms. The van der Waals surface area contributed by atoms with Crippen LogP contribution in [0, 0.1) is 11.3 Å². The normalized spacial score (nSPS) is 40.2. The molecule has 1 aliphatic carbocycles. The highest BCUT2D eigenvalue weighted by Crippen LogP contribution is 2.39. The van der Waals surface area contributed by atoms with Gasteiger partial charge in [0.1, 0.15) is 0 Å². The average molecular weight is 284 g/mol. The Morgan fingerprint density at radius 1 is 1.00 bits per heavy atom. The highest BCUT2D eigenvalue weighted by atomic mass is 16.5. The molecule has 1 heterocycles. The molecule has 0 radical (unpaired) electrons. The lowest BCUT2D eigenvalue weighted by Gasteiger charge is -2.44. The first kappa shape index (κ1) is 16.2.